The second-order valence-corrected chi connectivity index (χ2v) is 7.57. The quantitative estimate of drug-likeness (QED) is 0.769. The van der Waals surface area contributed by atoms with Gasteiger partial charge in [-0.1, -0.05) is 12.1 Å². The molecule has 1 atom stereocenters. The molecule has 1 aromatic carbocycles. The lowest BCUT2D eigenvalue weighted by Crippen LogP contribution is -2.50. The van der Waals surface area contributed by atoms with Crippen LogP contribution in [0.25, 0.3) is 0 Å². The van der Waals surface area contributed by atoms with Gasteiger partial charge in [-0.3, -0.25) is 4.79 Å². The van der Waals surface area contributed by atoms with Crippen LogP contribution in [0.1, 0.15) is 57.4 Å². The Balaban J connectivity index is 1.49. The molecule has 0 aromatic heterocycles. The Morgan fingerprint density at radius 3 is 2.71 bits per heavy atom. The van der Waals surface area contributed by atoms with Crippen molar-refractivity contribution in [3.63, 3.8) is 0 Å². The molecule has 2 aliphatic rings. The summed E-state index contributed by atoms with van der Waals surface area (Å²) < 4.78 is 6.03. The van der Waals surface area contributed by atoms with Gasteiger partial charge in [0.05, 0.1) is 18.2 Å². The third-order valence-electron chi connectivity index (χ3n) is 5.38. The molecule has 2 fully saturated rings. The Bertz CT molecular complexity index is 564. The number of aliphatic hydroxyl groups is 1. The van der Waals surface area contributed by atoms with Crippen LogP contribution in [0, 0.1) is 5.92 Å². The van der Waals surface area contributed by atoms with Gasteiger partial charge < -0.3 is 15.2 Å². The number of carbonyl (C=O) groups is 1. The first-order chi connectivity index (χ1) is 11.6. The van der Waals surface area contributed by atoms with Crippen LogP contribution < -0.4 is 10.1 Å². The Morgan fingerprint density at radius 1 is 1.29 bits per heavy atom. The molecule has 1 unspecified atom stereocenters. The molecular weight excluding hydrogens is 302 g/mol. The lowest BCUT2D eigenvalue weighted by Gasteiger charge is -2.28. The fraction of sp³-hybridized carbons (Fsp3) is 0.650. The van der Waals surface area contributed by atoms with Gasteiger partial charge in [-0.25, -0.2) is 0 Å². The highest BCUT2D eigenvalue weighted by Crippen LogP contribution is 2.39. The Morgan fingerprint density at radius 2 is 2.04 bits per heavy atom. The van der Waals surface area contributed by atoms with Crippen molar-refractivity contribution >= 4 is 5.91 Å². The maximum atomic E-state index is 12.2. The molecule has 1 amide bonds. The van der Waals surface area contributed by atoms with Gasteiger partial charge in [0.25, 0.3) is 0 Å². The van der Waals surface area contributed by atoms with Crippen molar-refractivity contribution in [2.75, 3.05) is 6.61 Å². The molecule has 24 heavy (non-hydrogen) atoms. The van der Waals surface area contributed by atoms with E-state index in [0.29, 0.717) is 24.9 Å². The van der Waals surface area contributed by atoms with E-state index in [0.717, 1.165) is 37.0 Å². The highest BCUT2D eigenvalue weighted by atomic mass is 16.5. The van der Waals surface area contributed by atoms with Crippen molar-refractivity contribution in [2.45, 2.75) is 69.9 Å². The first-order valence-electron chi connectivity index (χ1n) is 9.26. The summed E-state index contributed by atoms with van der Waals surface area (Å²) in [4.78, 5) is 12.2. The third kappa shape index (κ3) is 4.50. The Kier molecular flexibility index (Phi) is 5.44. The average molecular weight is 331 g/mol. The van der Waals surface area contributed by atoms with Gasteiger partial charge in [0.1, 0.15) is 5.75 Å². The predicted octanol–water partition coefficient (Wildman–Crippen LogP) is 3.22. The van der Waals surface area contributed by atoms with Crippen LogP contribution in [0.4, 0.5) is 0 Å². The van der Waals surface area contributed by atoms with Crippen molar-refractivity contribution in [1.29, 1.82) is 0 Å². The number of hydrogen-bond donors (Lipinski definition) is 2. The summed E-state index contributed by atoms with van der Waals surface area (Å²) in [5.41, 5.74) is 0.669. The van der Waals surface area contributed by atoms with E-state index in [1.165, 1.54) is 12.8 Å². The average Bonchev–Trinajstić information content (AvgIpc) is 3.33. The smallest absolute Gasteiger partial charge is 0.220 e. The summed E-state index contributed by atoms with van der Waals surface area (Å²) in [7, 11) is 0. The van der Waals surface area contributed by atoms with E-state index in [1.54, 1.807) is 0 Å². The predicted molar refractivity (Wildman–Crippen MR) is 94.0 cm³/mol. The summed E-state index contributed by atoms with van der Waals surface area (Å²) in [6.45, 7) is 1.95. The molecule has 0 saturated heterocycles. The number of amides is 1. The summed E-state index contributed by atoms with van der Waals surface area (Å²) in [6, 6.07) is 8.09. The lowest BCUT2D eigenvalue weighted by atomic mass is 9.96. The molecule has 0 heterocycles. The van der Waals surface area contributed by atoms with Gasteiger partial charge in [0.15, 0.2) is 0 Å². The van der Waals surface area contributed by atoms with Gasteiger partial charge in [0, 0.05) is 6.42 Å². The van der Waals surface area contributed by atoms with E-state index in [4.69, 9.17) is 4.74 Å². The summed E-state index contributed by atoms with van der Waals surface area (Å²) in [5.74, 6) is 1.35. The fourth-order valence-corrected chi connectivity index (χ4v) is 3.60. The molecule has 0 aliphatic heterocycles. The number of aliphatic hydroxyl groups excluding tert-OH is 1. The zero-order chi connectivity index (χ0) is 17.0. The third-order valence-corrected chi connectivity index (χ3v) is 5.38. The van der Waals surface area contributed by atoms with E-state index in [-0.39, 0.29) is 12.5 Å². The zero-order valence-electron chi connectivity index (χ0n) is 14.6. The molecule has 0 spiro atoms. The molecule has 0 bridgehead atoms. The van der Waals surface area contributed by atoms with Crippen molar-refractivity contribution < 1.29 is 14.6 Å². The standard InChI is InChI=1S/C20H29NO3/c1-20(14-22,16-10-11-16)21-19(23)12-9-15-5-4-8-18(13-15)24-17-6-2-3-7-17/h4-5,8,13,16-17,22H,2-3,6-7,9-12,14H2,1H3,(H,21,23). The van der Waals surface area contributed by atoms with Crippen molar-refractivity contribution in [3.8, 4) is 5.75 Å². The maximum Gasteiger partial charge on any atom is 0.220 e. The number of carbonyl (C=O) groups excluding carboxylic acids is 1. The number of nitrogens with one attached hydrogen (secondary N) is 1. The number of ether oxygens (including phenoxy) is 1. The first-order valence-corrected chi connectivity index (χ1v) is 9.26. The second kappa shape index (κ2) is 7.56. The van der Waals surface area contributed by atoms with Gasteiger partial charge in [-0.05, 0) is 75.5 Å². The van der Waals surface area contributed by atoms with Crippen molar-refractivity contribution in [2.24, 2.45) is 5.92 Å². The van der Waals surface area contributed by atoms with Crippen LogP contribution in [0.2, 0.25) is 0 Å². The SMILES string of the molecule is CC(CO)(NC(=O)CCc1cccc(OC2CCCC2)c1)C1CC1. The van der Waals surface area contributed by atoms with Crippen LogP contribution in [0.3, 0.4) is 0 Å². The van der Waals surface area contributed by atoms with E-state index in [9.17, 15) is 9.90 Å². The van der Waals surface area contributed by atoms with Crippen molar-refractivity contribution in [3.05, 3.63) is 29.8 Å². The maximum absolute atomic E-state index is 12.2. The van der Waals surface area contributed by atoms with Crippen LogP contribution in [-0.4, -0.2) is 29.3 Å². The van der Waals surface area contributed by atoms with Crippen molar-refractivity contribution in [1.82, 2.24) is 5.32 Å². The molecule has 4 heteroatoms. The van der Waals surface area contributed by atoms with Crippen LogP contribution in [0.5, 0.6) is 5.75 Å². The van der Waals surface area contributed by atoms with E-state index < -0.39 is 5.54 Å². The molecule has 0 radical (unpaired) electrons. The molecule has 2 N–H and O–H groups in total. The lowest BCUT2D eigenvalue weighted by molar-refractivity contribution is -0.123. The van der Waals surface area contributed by atoms with Gasteiger partial charge in [-0.15, -0.1) is 0 Å². The normalized spacial score (nSPS) is 20.6. The summed E-state index contributed by atoms with van der Waals surface area (Å²) in [5, 5.41) is 12.6. The van der Waals surface area contributed by atoms with Crippen LogP contribution in [0.15, 0.2) is 24.3 Å². The largest absolute Gasteiger partial charge is 0.490 e. The molecule has 1 aromatic rings. The highest BCUT2D eigenvalue weighted by Gasteiger charge is 2.41. The minimum absolute atomic E-state index is 0.00806. The monoisotopic (exact) mass is 331 g/mol. The molecular formula is C20H29NO3. The zero-order valence-corrected chi connectivity index (χ0v) is 14.6. The first kappa shape index (κ1) is 17.3. The molecule has 132 valence electrons. The fourth-order valence-electron chi connectivity index (χ4n) is 3.60. The molecule has 2 saturated carbocycles. The summed E-state index contributed by atoms with van der Waals surface area (Å²) >= 11 is 0. The molecule has 2 aliphatic carbocycles. The van der Waals surface area contributed by atoms with Gasteiger partial charge >= 0.3 is 0 Å². The van der Waals surface area contributed by atoms with Crippen LogP contribution in [-0.2, 0) is 11.2 Å². The van der Waals surface area contributed by atoms with E-state index in [1.807, 2.05) is 25.1 Å². The number of hydrogen-bond acceptors (Lipinski definition) is 3. The second-order valence-electron chi connectivity index (χ2n) is 7.57. The van der Waals surface area contributed by atoms with Gasteiger partial charge in [-0.2, -0.15) is 0 Å². The minimum Gasteiger partial charge on any atom is -0.490 e. The van der Waals surface area contributed by atoms with E-state index >= 15 is 0 Å². The topological polar surface area (TPSA) is 58.6 Å². The summed E-state index contributed by atoms with van der Waals surface area (Å²) in [6.07, 6.45) is 8.49. The number of rotatable bonds is 8. The highest BCUT2D eigenvalue weighted by molar-refractivity contribution is 5.77. The Labute approximate surface area is 144 Å². The Hall–Kier alpha value is -1.55. The minimum atomic E-state index is -0.454. The van der Waals surface area contributed by atoms with Gasteiger partial charge in [0.2, 0.25) is 5.91 Å². The number of benzene rings is 1. The van der Waals surface area contributed by atoms with Crippen LogP contribution >= 0.6 is 0 Å². The number of aryl methyl sites for hydroxylation is 1. The molecule has 3 rings (SSSR count). The molecule has 4 nitrogen and oxygen atoms in total. The van der Waals surface area contributed by atoms with E-state index in [2.05, 4.69) is 11.4 Å².